The van der Waals surface area contributed by atoms with Gasteiger partial charge in [-0.25, -0.2) is 17.6 Å². The van der Waals surface area contributed by atoms with Gasteiger partial charge in [-0.1, -0.05) is 62.3 Å². The largest absolute Gasteiger partial charge is 0.744 e. The number of anilines is 1. The molecule has 2 aromatic rings. The highest BCUT2D eigenvalue weighted by atomic mass is 32.2. The fourth-order valence-electron chi connectivity index (χ4n) is 9.66. The predicted molar refractivity (Wildman–Crippen MR) is 235 cm³/mol. The number of amides is 2. The van der Waals surface area contributed by atoms with Gasteiger partial charge in [0.2, 0.25) is 0 Å². The summed E-state index contributed by atoms with van der Waals surface area (Å²) in [6.07, 6.45) is 18.7. The van der Waals surface area contributed by atoms with Gasteiger partial charge >= 0.3 is 17.1 Å². The van der Waals surface area contributed by atoms with E-state index >= 15 is 0 Å². The number of unbranched alkanes of at least 4 members (excludes halogenated alkanes) is 2. The summed E-state index contributed by atoms with van der Waals surface area (Å²) in [4.78, 5) is 45.8. The summed E-state index contributed by atoms with van der Waals surface area (Å²) in [7, 11) is -3.06. The molecule has 0 bridgehead atoms. The number of methoxy groups -OCH3 is 1. The number of benzene rings is 1. The minimum Gasteiger partial charge on any atom is -0.744 e. The highest BCUT2D eigenvalue weighted by molar-refractivity contribution is 7.85. The molecule has 1 aromatic carbocycles. The summed E-state index contributed by atoms with van der Waals surface area (Å²) in [5.41, 5.74) is 4.14. The number of carbonyl (C=O) groups excluding carboxylic acids is 3. The number of likely N-dealkylation sites (N-methyl/N-ethyl adjacent to an activating group) is 1. The molecule has 0 N–H and O–H groups in total. The lowest BCUT2D eigenvalue weighted by atomic mass is 9.74. The van der Waals surface area contributed by atoms with Crippen molar-refractivity contribution in [3.63, 3.8) is 0 Å². The molecule has 1 aliphatic carbocycles. The zero-order valence-electron chi connectivity index (χ0n) is 37.3. The molecule has 1 saturated heterocycles. The molecule has 13 heteroatoms. The average molecular weight is 858 g/mol. The Bertz CT molecular complexity index is 2340. The first-order chi connectivity index (χ1) is 28.7. The van der Waals surface area contributed by atoms with Crippen LogP contribution in [0.25, 0.3) is 18.2 Å². The first-order valence-corrected chi connectivity index (χ1v) is 23.0. The summed E-state index contributed by atoms with van der Waals surface area (Å²) in [6, 6.07) is 6.88. The molecule has 3 aliphatic heterocycles. The van der Waals surface area contributed by atoms with Crippen molar-refractivity contribution in [2.24, 2.45) is 5.92 Å². The van der Waals surface area contributed by atoms with Gasteiger partial charge in [0, 0.05) is 86.3 Å². The van der Waals surface area contributed by atoms with Crippen molar-refractivity contribution in [2.75, 3.05) is 31.7 Å². The van der Waals surface area contributed by atoms with E-state index in [1.54, 1.807) is 13.2 Å². The quantitative estimate of drug-likeness (QED) is 0.0444. The van der Waals surface area contributed by atoms with Crippen molar-refractivity contribution in [3.05, 3.63) is 81.7 Å². The summed E-state index contributed by atoms with van der Waals surface area (Å²) < 4.78 is 48.9. The number of carbonyl (C=O) groups is 3. The fourth-order valence-corrected chi connectivity index (χ4v) is 10.2. The van der Waals surface area contributed by atoms with Gasteiger partial charge in [-0.2, -0.15) is 0 Å². The second-order valence-electron chi connectivity index (χ2n) is 18.7. The van der Waals surface area contributed by atoms with Crippen LogP contribution in [-0.2, 0) is 44.9 Å². The number of hydroxylamine groups is 2. The number of imide groups is 1. The van der Waals surface area contributed by atoms with Crippen LogP contribution >= 0.6 is 0 Å². The van der Waals surface area contributed by atoms with E-state index in [1.807, 2.05) is 0 Å². The smallest absolute Gasteiger partial charge is 0.358 e. The third-order valence-electron chi connectivity index (χ3n) is 12.9. The van der Waals surface area contributed by atoms with E-state index in [2.05, 4.69) is 114 Å². The second kappa shape index (κ2) is 18.1. The molecule has 4 heterocycles. The van der Waals surface area contributed by atoms with E-state index in [9.17, 15) is 27.4 Å². The molecule has 0 radical (unpaired) electrons. The molecule has 6 rings (SSSR count). The predicted octanol–water partition coefficient (Wildman–Crippen LogP) is 6.69. The highest BCUT2D eigenvalue weighted by Gasteiger charge is 2.47. The van der Waals surface area contributed by atoms with Crippen LogP contribution in [0, 0.1) is 5.92 Å². The average Bonchev–Trinajstić information content (AvgIpc) is 3.62. The SMILES string of the molecule is CCN1C2C=c3[o+]c(C(C)(C)C)cc(/C=C/C=C/CC4N(CCCCCC(=O)ON5C(=O)CCC5=O)c5ccc(S(=O)(=O)[O-])cc5C4(C)CCOC)c3=CC2C(C)=CC1(C)C. The maximum atomic E-state index is 12.4. The zero-order chi connectivity index (χ0) is 44.5. The van der Waals surface area contributed by atoms with Gasteiger partial charge in [-0.3, -0.25) is 14.5 Å². The molecule has 4 atom stereocenters. The first kappa shape index (κ1) is 46.1. The summed E-state index contributed by atoms with van der Waals surface area (Å²) in [5, 5.41) is 1.66. The Hall–Kier alpha value is -4.43. The van der Waals surface area contributed by atoms with Crippen LogP contribution in [0.2, 0.25) is 0 Å². The number of nitrogens with zero attached hydrogens (tertiary/aromatic N) is 3. The first-order valence-electron chi connectivity index (χ1n) is 21.6. The molecule has 0 spiro atoms. The number of ether oxygens (including phenoxy) is 1. The molecular formula is C48H63N3O9S. The molecule has 1 aromatic heterocycles. The number of fused-ring (bicyclic) bond motifs is 3. The maximum Gasteiger partial charge on any atom is 0.358 e. The van der Waals surface area contributed by atoms with Crippen LogP contribution < -0.4 is 15.5 Å². The van der Waals surface area contributed by atoms with Crippen molar-refractivity contribution < 1.29 is 41.3 Å². The Balaban J connectivity index is 1.26. The van der Waals surface area contributed by atoms with Crippen molar-refractivity contribution in [1.82, 2.24) is 9.96 Å². The molecule has 0 saturated carbocycles. The van der Waals surface area contributed by atoms with Crippen molar-refractivity contribution in [2.45, 2.75) is 140 Å². The molecule has 61 heavy (non-hydrogen) atoms. The van der Waals surface area contributed by atoms with E-state index in [4.69, 9.17) is 14.0 Å². The second-order valence-corrected chi connectivity index (χ2v) is 20.0. The standard InChI is InChI=1S/C48H63N3O9S/c1-10-50-39-30-40-36(29-35(39)32(2)31-47(50,6)7)33(27-42(59-40)46(3,4)5)17-13-11-14-18-41-48(8,24-26-58-9)37-28-34(61(55,56)57)20-21-38(37)49(41)25-16-12-15-19-45(54)60-51-43(52)22-23-44(51)53/h11,13-14,17,20-21,27-31,35,39,41H,10,12,15-16,18-19,22-26H2,1-9H3/b14-11+,17-13+. The molecule has 12 nitrogen and oxygen atoms in total. The highest BCUT2D eigenvalue weighted by Crippen LogP contribution is 2.49. The van der Waals surface area contributed by atoms with Gasteiger partial charge in [-0.05, 0) is 103 Å². The lowest BCUT2D eigenvalue weighted by molar-refractivity contribution is -0.197. The Labute approximate surface area is 361 Å². The number of allylic oxidation sites excluding steroid dienone is 2. The van der Waals surface area contributed by atoms with Gasteiger partial charge in [0.25, 0.3) is 11.8 Å². The van der Waals surface area contributed by atoms with Crippen molar-refractivity contribution >= 4 is 51.8 Å². The van der Waals surface area contributed by atoms with E-state index in [1.165, 1.54) is 17.7 Å². The Morgan fingerprint density at radius 2 is 1.75 bits per heavy atom. The Kier molecular flexibility index (Phi) is 13.7. The van der Waals surface area contributed by atoms with Gasteiger partial charge in [0.1, 0.15) is 10.1 Å². The van der Waals surface area contributed by atoms with E-state index in [0.29, 0.717) is 50.3 Å². The van der Waals surface area contributed by atoms with Crippen LogP contribution in [0.1, 0.15) is 124 Å². The third kappa shape index (κ3) is 9.80. The molecule has 330 valence electrons. The number of rotatable bonds is 16. The summed E-state index contributed by atoms with van der Waals surface area (Å²) >= 11 is 0. The molecule has 4 aliphatic rings. The van der Waals surface area contributed by atoms with Gasteiger partial charge in [0.05, 0.1) is 15.5 Å². The van der Waals surface area contributed by atoms with Crippen LogP contribution in [0.15, 0.2) is 63.5 Å². The Morgan fingerprint density at radius 1 is 1.03 bits per heavy atom. The van der Waals surface area contributed by atoms with Crippen LogP contribution in [0.3, 0.4) is 0 Å². The zero-order valence-corrected chi connectivity index (χ0v) is 38.1. The van der Waals surface area contributed by atoms with Crippen molar-refractivity contribution in [1.29, 1.82) is 0 Å². The monoisotopic (exact) mass is 857 g/mol. The van der Waals surface area contributed by atoms with Crippen LogP contribution in [-0.4, -0.2) is 85.1 Å². The summed E-state index contributed by atoms with van der Waals surface area (Å²) in [5.74, 6) is -0.504. The molecular weight excluding hydrogens is 795 g/mol. The number of hydrogen-bond donors (Lipinski definition) is 0. The normalized spacial score (nSPS) is 23.8. The fraction of sp³-hybridized carbons (Fsp3) is 0.542. The van der Waals surface area contributed by atoms with Crippen LogP contribution in [0.4, 0.5) is 5.69 Å². The lowest BCUT2D eigenvalue weighted by Crippen LogP contribution is -2.56. The van der Waals surface area contributed by atoms with E-state index in [0.717, 1.165) is 39.8 Å². The lowest BCUT2D eigenvalue weighted by Gasteiger charge is -2.47. The van der Waals surface area contributed by atoms with E-state index in [-0.39, 0.29) is 53.1 Å². The molecule has 1 fully saturated rings. The topological polar surface area (TPSA) is 148 Å². The van der Waals surface area contributed by atoms with E-state index < -0.39 is 33.3 Å². The molecule has 2 amide bonds. The summed E-state index contributed by atoms with van der Waals surface area (Å²) in [6.45, 7) is 19.5. The third-order valence-corrected chi connectivity index (χ3v) is 13.7. The van der Waals surface area contributed by atoms with Gasteiger partial charge in [0.15, 0.2) is 0 Å². The molecule has 4 unspecified atom stereocenters. The minimum atomic E-state index is -4.70. The minimum absolute atomic E-state index is 0.0401. The van der Waals surface area contributed by atoms with Gasteiger partial charge in [-0.15, -0.1) is 5.06 Å². The van der Waals surface area contributed by atoms with Crippen LogP contribution in [0.5, 0.6) is 0 Å². The Morgan fingerprint density at radius 3 is 2.41 bits per heavy atom. The number of hydrogen-bond acceptors (Lipinski definition) is 10. The van der Waals surface area contributed by atoms with Gasteiger partial charge < -0.3 is 19.0 Å². The maximum absolute atomic E-state index is 12.4. The van der Waals surface area contributed by atoms with Crippen molar-refractivity contribution in [3.8, 4) is 0 Å².